The predicted molar refractivity (Wildman–Crippen MR) is 402 cm³/mol. The molecule has 0 radical (unpaired) electrons. The Morgan fingerprint density at radius 3 is 0.944 bits per heavy atom. The van der Waals surface area contributed by atoms with Crippen molar-refractivity contribution < 1.29 is 70.4 Å². The van der Waals surface area contributed by atoms with Crippen LogP contribution in [0.2, 0.25) is 0 Å². The van der Waals surface area contributed by atoms with Crippen molar-refractivity contribution in [3.8, 4) is 33.4 Å². The van der Waals surface area contributed by atoms with E-state index in [4.69, 9.17) is 28.4 Å². The number of nitrogens with one attached hydrogen (secondary N) is 3. The van der Waals surface area contributed by atoms with Crippen molar-refractivity contribution in [1.29, 1.82) is 0 Å². The molecule has 3 aliphatic heterocycles. The summed E-state index contributed by atoms with van der Waals surface area (Å²) in [5.74, 6) is 1.89. The second-order valence-corrected chi connectivity index (χ2v) is 30.8. The summed E-state index contributed by atoms with van der Waals surface area (Å²) in [5.41, 5.74) is 7.43. The summed E-state index contributed by atoms with van der Waals surface area (Å²) >= 11 is 0. The van der Waals surface area contributed by atoms with E-state index in [1.165, 1.54) is 36.4 Å². The van der Waals surface area contributed by atoms with Crippen LogP contribution in [-0.4, -0.2) is 107 Å². The van der Waals surface area contributed by atoms with Gasteiger partial charge in [0.2, 0.25) is 0 Å². The number of esters is 3. The molecular formula is C87H99F3N6O12. The van der Waals surface area contributed by atoms with Crippen LogP contribution in [0.5, 0.6) is 0 Å². The number of carbonyl (C=O) groups excluding carboxylic acids is 6. The molecule has 3 amide bonds. The Labute approximate surface area is 630 Å². The number of alkyl carbamates (subject to hydrolysis) is 3. The lowest BCUT2D eigenvalue weighted by molar-refractivity contribution is -0.145. The highest BCUT2D eigenvalue weighted by molar-refractivity contribution is 5.78. The third-order valence-corrected chi connectivity index (χ3v) is 24.5. The first-order valence-corrected chi connectivity index (χ1v) is 38.9. The maximum atomic E-state index is 13.6. The summed E-state index contributed by atoms with van der Waals surface area (Å²) in [6.07, 6.45) is 27.2. The van der Waals surface area contributed by atoms with Crippen molar-refractivity contribution >= 4 is 54.4 Å². The molecule has 0 spiro atoms. The Bertz CT molecular complexity index is 3830. The third-order valence-electron chi connectivity index (χ3n) is 24.5. The van der Waals surface area contributed by atoms with Crippen LogP contribution in [0.4, 0.5) is 27.6 Å². The molecule has 570 valence electrons. The fourth-order valence-corrected chi connectivity index (χ4v) is 19.9. The van der Waals surface area contributed by atoms with E-state index in [1.54, 1.807) is 57.6 Å². The van der Waals surface area contributed by atoms with Crippen LogP contribution in [0, 0.1) is 106 Å². The molecule has 6 aliphatic carbocycles. The average Bonchev–Trinajstić information content (AvgIpc) is 1.54. The standard InChI is InChI=1S/3C29H33FN2O4/c3*1-3-35-29(34)32-23-10-11-24-20(14-23)15-26-27(17(2)36-28(26)33)25(24)12-9-22-8-7-19(16-31-22)18-5-4-6-21(30)13-18/h3*4-9,12-13,16-17,20,23-27H,3,10-11,14-15H2,1-2H3,(H,32,34)/b3*12-9+/t17-,20+,23-,24-,25+,26+,27-;17-,20-,23+,24-,25+,26+,27+;17-,20-,23+,24-,25-,26-,27+/m100/s1. The number of hydrogen-bond donors (Lipinski definition) is 3. The highest BCUT2D eigenvalue weighted by Crippen LogP contribution is 2.57. The number of carbonyl (C=O) groups is 6. The highest BCUT2D eigenvalue weighted by Gasteiger charge is 2.58. The second-order valence-electron chi connectivity index (χ2n) is 30.8. The van der Waals surface area contributed by atoms with E-state index in [0.717, 1.165) is 128 Å². The van der Waals surface area contributed by atoms with Crippen molar-refractivity contribution in [2.45, 2.75) is 155 Å². The van der Waals surface area contributed by atoms with E-state index in [9.17, 15) is 41.9 Å². The maximum absolute atomic E-state index is 13.6. The summed E-state index contributed by atoms with van der Waals surface area (Å²) in [6, 6.07) is 31.3. The lowest BCUT2D eigenvalue weighted by Gasteiger charge is -2.47. The Hall–Kier alpha value is -9.66. The van der Waals surface area contributed by atoms with E-state index in [1.807, 2.05) is 93.6 Å². The van der Waals surface area contributed by atoms with Crippen LogP contribution in [0.15, 0.2) is 146 Å². The van der Waals surface area contributed by atoms with E-state index in [-0.39, 0.29) is 143 Å². The molecule has 9 aliphatic rings. The summed E-state index contributed by atoms with van der Waals surface area (Å²) in [4.78, 5) is 87.7. The van der Waals surface area contributed by atoms with Gasteiger partial charge in [-0.15, -0.1) is 0 Å². The highest BCUT2D eigenvalue weighted by atomic mass is 19.1. The quantitative estimate of drug-likeness (QED) is 0.0641. The molecule has 6 saturated carbocycles. The lowest BCUT2D eigenvalue weighted by atomic mass is 9.57. The number of benzene rings is 3. The van der Waals surface area contributed by atoms with Gasteiger partial charge in [0.1, 0.15) is 35.8 Å². The van der Waals surface area contributed by atoms with Gasteiger partial charge in [-0.25, -0.2) is 27.6 Å². The zero-order chi connectivity index (χ0) is 75.7. The van der Waals surface area contributed by atoms with Crippen LogP contribution in [0.3, 0.4) is 0 Å². The van der Waals surface area contributed by atoms with E-state index < -0.39 is 0 Å². The molecule has 18 nitrogen and oxygen atoms in total. The monoisotopic (exact) mass is 1480 g/mol. The molecule has 21 atom stereocenters. The van der Waals surface area contributed by atoms with Gasteiger partial charge < -0.3 is 44.4 Å². The van der Waals surface area contributed by atoms with Crippen LogP contribution in [-0.2, 0) is 42.8 Å². The number of halogens is 3. The van der Waals surface area contributed by atoms with Gasteiger partial charge in [0.05, 0.1) is 54.7 Å². The van der Waals surface area contributed by atoms with Crippen molar-refractivity contribution in [2.75, 3.05) is 19.8 Å². The minimum absolute atomic E-state index is 0.0679. The minimum atomic E-state index is -0.368. The van der Waals surface area contributed by atoms with Gasteiger partial charge in [-0.3, -0.25) is 29.3 Å². The van der Waals surface area contributed by atoms with Crippen molar-refractivity contribution in [3.05, 3.63) is 181 Å². The smallest absolute Gasteiger partial charge is 0.407 e. The molecule has 108 heavy (non-hydrogen) atoms. The zero-order valence-corrected chi connectivity index (χ0v) is 62.2. The molecule has 3 N–H and O–H groups in total. The summed E-state index contributed by atoms with van der Waals surface area (Å²) in [7, 11) is 0. The van der Waals surface area contributed by atoms with Crippen molar-refractivity contribution in [3.63, 3.8) is 0 Å². The predicted octanol–water partition coefficient (Wildman–Crippen LogP) is 16.9. The fraction of sp³-hybridized carbons (Fsp3) is 0.483. The topological polar surface area (TPSA) is 233 Å². The number of ether oxygens (including phenoxy) is 6. The van der Waals surface area contributed by atoms with Crippen LogP contribution in [0.1, 0.15) is 136 Å². The third kappa shape index (κ3) is 17.9. The first kappa shape index (κ1) is 76.5. The van der Waals surface area contributed by atoms with E-state index >= 15 is 0 Å². The molecule has 15 rings (SSSR count). The molecule has 3 aromatic heterocycles. The number of rotatable bonds is 15. The van der Waals surface area contributed by atoms with Gasteiger partial charge >= 0.3 is 36.2 Å². The van der Waals surface area contributed by atoms with Crippen molar-refractivity contribution in [2.24, 2.45) is 88.8 Å². The van der Waals surface area contributed by atoms with Crippen molar-refractivity contribution in [1.82, 2.24) is 30.9 Å². The average molecular weight is 1480 g/mol. The van der Waals surface area contributed by atoms with Crippen LogP contribution in [0.25, 0.3) is 51.6 Å². The Morgan fingerprint density at radius 1 is 0.407 bits per heavy atom. The van der Waals surface area contributed by atoms with Gasteiger partial charge in [0.15, 0.2) is 0 Å². The van der Waals surface area contributed by atoms with Crippen LogP contribution >= 0.6 is 0 Å². The first-order valence-electron chi connectivity index (χ1n) is 38.9. The summed E-state index contributed by atoms with van der Waals surface area (Å²) in [5, 5.41) is 9.00. The van der Waals surface area contributed by atoms with Gasteiger partial charge in [-0.1, -0.05) is 72.8 Å². The number of allylic oxidation sites excluding steroid dienone is 3. The lowest BCUT2D eigenvalue weighted by Crippen LogP contribution is -2.48. The fourth-order valence-electron chi connectivity index (χ4n) is 19.9. The molecule has 9 fully saturated rings. The number of pyridine rings is 3. The SMILES string of the molecule is CCOC(=O)N[C@@H]1CC[C@@H]2[C@@H](C1)C[C@@H]1C(=O)O[C@H](C)[C@@H]1[C@H]2/C=C/c1ccc(-c2cccc(F)c2)cn1.CCOC(=O)N[C@@H]1CC[C@H]2[C@@H](C1)C[C@@H]1C(=O)O[C@@H](C)[C@@H]1[C@H]2/C=C/c1ccc(-c2cccc(F)c2)cn1.CCOC(=O)N[C@@H]1CC[C@H]2[C@@H](C1)C[C@H]1C(=O)O[C@@H](C)[C@@H]1[C@@H]2/C=C/c1ccc(-c2cccc(F)c2)cn1. The van der Waals surface area contributed by atoms with Gasteiger partial charge in [-0.05, 0) is 261 Å². The minimum Gasteiger partial charge on any atom is -0.462 e. The molecule has 6 aromatic rings. The summed E-state index contributed by atoms with van der Waals surface area (Å²) < 4.78 is 73.0. The van der Waals surface area contributed by atoms with E-state index in [2.05, 4.69) is 49.1 Å². The maximum Gasteiger partial charge on any atom is 0.407 e. The Kier molecular flexibility index (Phi) is 24.6. The zero-order valence-electron chi connectivity index (χ0n) is 62.2. The van der Waals surface area contributed by atoms with Gasteiger partial charge in [0, 0.05) is 71.2 Å². The first-order chi connectivity index (χ1) is 52.3. The van der Waals surface area contributed by atoms with E-state index in [0.29, 0.717) is 55.3 Å². The number of fused-ring (bicyclic) bond motifs is 6. The molecule has 21 heteroatoms. The Morgan fingerprint density at radius 2 is 0.694 bits per heavy atom. The number of cyclic esters (lactones) is 3. The molecule has 0 unspecified atom stereocenters. The van der Waals surface area contributed by atoms with Gasteiger partial charge in [-0.2, -0.15) is 0 Å². The van der Waals surface area contributed by atoms with Gasteiger partial charge in [0.25, 0.3) is 0 Å². The Balaban J connectivity index is 0.000000143. The number of amides is 3. The molecule has 6 heterocycles. The van der Waals surface area contributed by atoms with Crippen LogP contribution < -0.4 is 16.0 Å². The number of aromatic nitrogens is 3. The molecule has 3 saturated heterocycles. The normalized spacial score (nSPS) is 31.4. The number of nitrogens with zero attached hydrogens (tertiary/aromatic N) is 3. The second kappa shape index (κ2) is 34.7. The summed E-state index contributed by atoms with van der Waals surface area (Å²) in [6.45, 7) is 12.5. The number of hydrogen-bond acceptors (Lipinski definition) is 15. The molecule has 3 aromatic carbocycles. The largest absolute Gasteiger partial charge is 0.462 e. The molecular weight excluding hydrogens is 1380 g/mol. The molecule has 0 bridgehead atoms.